The number of amides is 2. The number of nitrogens with zero attached hydrogens (tertiary/aromatic N) is 3. The Balaban J connectivity index is 1.50. The predicted octanol–water partition coefficient (Wildman–Crippen LogP) is 4.58. The summed E-state index contributed by atoms with van der Waals surface area (Å²) in [5.41, 5.74) is 1.81. The van der Waals surface area contributed by atoms with Gasteiger partial charge < -0.3 is 19.2 Å². The van der Waals surface area contributed by atoms with E-state index in [1.807, 2.05) is 42.7 Å². The van der Waals surface area contributed by atoms with Gasteiger partial charge in [-0.25, -0.2) is 0 Å². The first-order valence-corrected chi connectivity index (χ1v) is 12.1. The van der Waals surface area contributed by atoms with Crippen LogP contribution in [0.25, 0.3) is 11.1 Å². The van der Waals surface area contributed by atoms with Gasteiger partial charge in [0.15, 0.2) is 5.58 Å². The number of fused-ring (bicyclic) bond motifs is 3. The maximum Gasteiger partial charge on any atom is 0.271 e. The van der Waals surface area contributed by atoms with E-state index >= 15 is 0 Å². The number of rotatable bonds is 4. The summed E-state index contributed by atoms with van der Waals surface area (Å²) in [7, 11) is 0. The van der Waals surface area contributed by atoms with Gasteiger partial charge in [-0.1, -0.05) is 38.2 Å². The van der Waals surface area contributed by atoms with Crippen LogP contribution < -0.4 is 5.32 Å². The van der Waals surface area contributed by atoms with Gasteiger partial charge in [0.05, 0.1) is 24.3 Å². The number of hydrogen-bond acceptors (Lipinski definition) is 4. The van der Waals surface area contributed by atoms with Crippen LogP contribution in [-0.4, -0.2) is 37.8 Å². The number of carbonyl (C=O) groups is 2. The van der Waals surface area contributed by atoms with E-state index in [2.05, 4.69) is 10.3 Å². The molecule has 0 bridgehead atoms. The van der Waals surface area contributed by atoms with Crippen LogP contribution in [0.2, 0.25) is 0 Å². The van der Waals surface area contributed by atoms with Crippen LogP contribution in [0.1, 0.15) is 73.8 Å². The second kappa shape index (κ2) is 8.69. The Kier molecular flexibility index (Phi) is 5.72. The number of aryl methyl sites for hydroxylation is 1. The Morgan fingerprint density at radius 1 is 1.18 bits per heavy atom. The molecule has 4 heterocycles. The number of furan rings is 1. The molecule has 7 nitrogen and oxygen atoms in total. The molecular formula is C26H32N4O3. The summed E-state index contributed by atoms with van der Waals surface area (Å²) < 4.78 is 7.74. The monoisotopic (exact) mass is 448 g/mol. The lowest BCUT2D eigenvalue weighted by molar-refractivity contribution is -0.134. The van der Waals surface area contributed by atoms with Crippen molar-refractivity contribution in [2.75, 3.05) is 0 Å². The molecule has 0 saturated heterocycles. The van der Waals surface area contributed by atoms with Crippen LogP contribution in [0, 0.1) is 6.92 Å². The van der Waals surface area contributed by atoms with Gasteiger partial charge in [0, 0.05) is 24.4 Å². The highest BCUT2D eigenvalue weighted by Gasteiger charge is 2.48. The largest absolute Gasteiger partial charge is 0.460 e. The van der Waals surface area contributed by atoms with Crippen molar-refractivity contribution in [3.63, 3.8) is 0 Å². The lowest BCUT2D eigenvalue weighted by Crippen LogP contribution is -2.64. The molecule has 2 aliphatic rings. The highest BCUT2D eigenvalue weighted by atomic mass is 16.3. The number of pyridine rings is 1. The van der Waals surface area contributed by atoms with E-state index in [4.69, 9.17) is 4.42 Å². The van der Waals surface area contributed by atoms with Crippen molar-refractivity contribution in [2.24, 2.45) is 0 Å². The summed E-state index contributed by atoms with van der Waals surface area (Å²) in [5, 5.41) is 3.32. The van der Waals surface area contributed by atoms with E-state index in [9.17, 15) is 9.59 Å². The molecule has 0 spiro atoms. The van der Waals surface area contributed by atoms with E-state index < -0.39 is 5.54 Å². The molecular weight excluding hydrogens is 416 g/mol. The topological polar surface area (TPSA) is 80.4 Å². The number of aromatic nitrogens is 2. The molecule has 174 valence electrons. The summed E-state index contributed by atoms with van der Waals surface area (Å²) in [5.74, 6) is 0.524. The average molecular weight is 449 g/mol. The lowest BCUT2D eigenvalue weighted by Gasteiger charge is -2.44. The van der Waals surface area contributed by atoms with Gasteiger partial charge in [-0.05, 0) is 38.8 Å². The van der Waals surface area contributed by atoms with Crippen LogP contribution in [-0.2, 0) is 17.9 Å². The Morgan fingerprint density at radius 2 is 1.94 bits per heavy atom. The van der Waals surface area contributed by atoms with Crippen LogP contribution >= 0.6 is 0 Å². The molecule has 1 aliphatic heterocycles. The molecule has 0 radical (unpaired) electrons. The molecule has 3 aromatic rings. The molecule has 1 fully saturated rings. The Bertz CT molecular complexity index is 1160. The highest BCUT2D eigenvalue weighted by molar-refractivity contribution is 6.03. The molecule has 1 aliphatic carbocycles. The van der Waals surface area contributed by atoms with Gasteiger partial charge in [-0.3, -0.25) is 14.6 Å². The van der Waals surface area contributed by atoms with Crippen LogP contribution in [0.4, 0.5) is 0 Å². The molecule has 33 heavy (non-hydrogen) atoms. The summed E-state index contributed by atoms with van der Waals surface area (Å²) in [6.07, 6.45) is 9.70. The van der Waals surface area contributed by atoms with Crippen molar-refractivity contribution in [3.8, 4) is 0 Å². The van der Waals surface area contributed by atoms with Crippen LogP contribution in [0.5, 0.6) is 0 Å². The zero-order chi connectivity index (χ0) is 23.0. The summed E-state index contributed by atoms with van der Waals surface area (Å²) in [6, 6.07) is 9.54. The zero-order valence-corrected chi connectivity index (χ0v) is 19.5. The standard InChI is InChI=1S/C26H32N4O3/c1-18-14-21-23(33-18)15-22-24(31)30(16-20-12-8-9-13-27-20)26(2,17-29(21)22)25(32)28-19-10-6-4-3-5-7-11-19/h8-9,12-15,19H,3-7,10-11,16-17H2,1-2H3,(H,28,32)/t26-/m1/s1. The van der Waals surface area contributed by atoms with Gasteiger partial charge in [0.25, 0.3) is 5.91 Å². The van der Waals surface area contributed by atoms with Crippen molar-refractivity contribution in [1.29, 1.82) is 0 Å². The molecule has 7 heteroatoms. The molecule has 3 aromatic heterocycles. The molecule has 5 rings (SSSR count). The fourth-order valence-electron chi connectivity index (χ4n) is 5.30. The second-order valence-corrected chi connectivity index (χ2v) is 9.72. The number of hydrogen-bond donors (Lipinski definition) is 1. The molecule has 1 saturated carbocycles. The second-order valence-electron chi connectivity index (χ2n) is 9.72. The van der Waals surface area contributed by atoms with Crippen molar-refractivity contribution in [2.45, 2.75) is 83.5 Å². The first-order valence-electron chi connectivity index (χ1n) is 12.1. The van der Waals surface area contributed by atoms with Crippen LogP contribution in [0.3, 0.4) is 0 Å². The molecule has 0 aromatic carbocycles. The summed E-state index contributed by atoms with van der Waals surface area (Å²) in [4.78, 5) is 33.7. The fraction of sp³-hybridized carbons (Fsp3) is 0.500. The van der Waals surface area contributed by atoms with Crippen molar-refractivity contribution < 1.29 is 14.0 Å². The van der Waals surface area contributed by atoms with E-state index in [1.54, 1.807) is 17.2 Å². The first-order chi connectivity index (χ1) is 16.0. The Labute approximate surface area is 194 Å². The third-order valence-electron chi connectivity index (χ3n) is 7.21. The molecule has 1 N–H and O–H groups in total. The van der Waals surface area contributed by atoms with E-state index in [1.165, 1.54) is 19.3 Å². The number of carbonyl (C=O) groups excluding carboxylic acids is 2. The highest BCUT2D eigenvalue weighted by Crippen LogP contribution is 2.34. The minimum Gasteiger partial charge on any atom is -0.460 e. The molecule has 1 atom stereocenters. The lowest BCUT2D eigenvalue weighted by atomic mass is 9.92. The minimum absolute atomic E-state index is 0.0925. The first kappa shape index (κ1) is 21.7. The van der Waals surface area contributed by atoms with E-state index in [-0.39, 0.29) is 24.4 Å². The fourth-order valence-corrected chi connectivity index (χ4v) is 5.30. The third-order valence-corrected chi connectivity index (χ3v) is 7.21. The maximum atomic E-state index is 13.8. The quantitative estimate of drug-likeness (QED) is 0.633. The number of nitrogens with one attached hydrogen (secondary N) is 1. The van der Waals surface area contributed by atoms with Crippen molar-refractivity contribution in [1.82, 2.24) is 19.8 Å². The van der Waals surface area contributed by atoms with Crippen LogP contribution in [0.15, 0.2) is 40.9 Å². The van der Waals surface area contributed by atoms with E-state index in [0.717, 1.165) is 42.7 Å². The zero-order valence-electron chi connectivity index (χ0n) is 19.5. The molecule has 0 unspecified atom stereocenters. The Morgan fingerprint density at radius 3 is 2.67 bits per heavy atom. The van der Waals surface area contributed by atoms with Gasteiger partial charge in [-0.2, -0.15) is 0 Å². The van der Waals surface area contributed by atoms with Gasteiger partial charge in [-0.15, -0.1) is 0 Å². The van der Waals surface area contributed by atoms with E-state index in [0.29, 0.717) is 17.8 Å². The third kappa shape index (κ3) is 4.05. The smallest absolute Gasteiger partial charge is 0.271 e. The SMILES string of the molecule is Cc1cc2c(cc3n2C[C@](C)(C(=O)NC2CCCCCCC2)N(Cc2ccccn2)C3=O)o1. The predicted molar refractivity (Wildman–Crippen MR) is 126 cm³/mol. The van der Waals surface area contributed by atoms with Gasteiger partial charge >= 0.3 is 0 Å². The van der Waals surface area contributed by atoms with Gasteiger partial charge in [0.2, 0.25) is 5.91 Å². The minimum atomic E-state index is -1.04. The summed E-state index contributed by atoms with van der Waals surface area (Å²) in [6.45, 7) is 4.43. The normalized spacial score (nSPS) is 22.1. The van der Waals surface area contributed by atoms with Gasteiger partial charge in [0.1, 0.15) is 17.0 Å². The summed E-state index contributed by atoms with van der Waals surface area (Å²) >= 11 is 0. The average Bonchev–Trinajstić information content (AvgIpc) is 3.30. The maximum absolute atomic E-state index is 13.8. The Hall–Kier alpha value is -3.09. The molecule has 2 amide bonds. The van der Waals surface area contributed by atoms with Crippen molar-refractivity contribution in [3.05, 3.63) is 53.7 Å². The van der Waals surface area contributed by atoms with Crippen molar-refractivity contribution >= 4 is 22.9 Å².